The molecular formula is C10H19N3O2. The summed E-state index contributed by atoms with van der Waals surface area (Å²) in [6.45, 7) is 5.24. The molecule has 0 aromatic carbocycles. The maximum atomic E-state index is 9.61. The van der Waals surface area contributed by atoms with Gasteiger partial charge in [0.2, 0.25) is 0 Å². The van der Waals surface area contributed by atoms with Gasteiger partial charge in [0.15, 0.2) is 0 Å². The molecule has 15 heavy (non-hydrogen) atoms. The Hall–Kier alpha value is -0.910. The van der Waals surface area contributed by atoms with Crippen molar-refractivity contribution in [3.8, 4) is 0 Å². The first-order chi connectivity index (χ1) is 7.33. The predicted molar refractivity (Wildman–Crippen MR) is 57.6 cm³/mol. The molecule has 0 aliphatic rings. The van der Waals surface area contributed by atoms with Gasteiger partial charge < -0.3 is 15.2 Å². The minimum atomic E-state index is -0.411. The lowest BCUT2D eigenvalue weighted by atomic mass is 10.3. The SMILES string of the molecule is CCOCCNCC(O)Cn1cccn1. The summed E-state index contributed by atoms with van der Waals surface area (Å²) in [5.74, 6) is 0. The Labute approximate surface area is 90.1 Å². The summed E-state index contributed by atoms with van der Waals surface area (Å²) in [5, 5.41) is 16.7. The van der Waals surface area contributed by atoms with Crippen molar-refractivity contribution < 1.29 is 9.84 Å². The molecule has 0 aliphatic carbocycles. The Morgan fingerprint density at radius 2 is 2.47 bits per heavy atom. The minimum absolute atomic E-state index is 0.411. The summed E-state index contributed by atoms with van der Waals surface area (Å²) in [5.41, 5.74) is 0. The topological polar surface area (TPSA) is 59.3 Å². The van der Waals surface area contributed by atoms with Crippen LogP contribution in [0, 0.1) is 0 Å². The van der Waals surface area contributed by atoms with Crippen molar-refractivity contribution in [2.24, 2.45) is 0 Å². The quantitative estimate of drug-likeness (QED) is 0.591. The van der Waals surface area contributed by atoms with E-state index < -0.39 is 6.10 Å². The van der Waals surface area contributed by atoms with Crippen LogP contribution >= 0.6 is 0 Å². The van der Waals surface area contributed by atoms with Gasteiger partial charge in [0.25, 0.3) is 0 Å². The maximum Gasteiger partial charge on any atom is 0.0860 e. The number of nitrogens with one attached hydrogen (secondary N) is 1. The number of nitrogens with zero attached hydrogens (tertiary/aromatic N) is 2. The second kappa shape index (κ2) is 7.39. The highest BCUT2D eigenvalue weighted by Crippen LogP contribution is 1.89. The molecule has 0 saturated carbocycles. The molecule has 5 heteroatoms. The highest BCUT2D eigenvalue weighted by atomic mass is 16.5. The largest absolute Gasteiger partial charge is 0.390 e. The molecule has 0 bridgehead atoms. The summed E-state index contributed by atoms with van der Waals surface area (Å²) < 4.78 is 6.88. The van der Waals surface area contributed by atoms with Gasteiger partial charge in [0.05, 0.1) is 19.3 Å². The predicted octanol–water partition coefficient (Wildman–Crippen LogP) is -0.130. The van der Waals surface area contributed by atoms with Crippen molar-refractivity contribution in [2.45, 2.75) is 19.6 Å². The zero-order valence-electron chi connectivity index (χ0n) is 9.09. The van der Waals surface area contributed by atoms with Crippen LogP contribution in [-0.2, 0) is 11.3 Å². The van der Waals surface area contributed by atoms with Crippen molar-refractivity contribution in [3.63, 3.8) is 0 Å². The second-order valence-corrected chi connectivity index (χ2v) is 3.28. The molecule has 0 aliphatic heterocycles. The third-order valence-electron chi connectivity index (χ3n) is 1.96. The molecule has 1 aromatic rings. The van der Waals surface area contributed by atoms with E-state index in [1.54, 1.807) is 10.9 Å². The molecule has 0 amide bonds. The molecule has 1 heterocycles. The molecule has 2 N–H and O–H groups in total. The highest BCUT2D eigenvalue weighted by molar-refractivity contribution is 4.78. The zero-order chi connectivity index (χ0) is 10.9. The molecule has 1 atom stereocenters. The van der Waals surface area contributed by atoms with Crippen molar-refractivity contribution >= 4 is 0 Å². The van der Waals surface area contributed by atoms with Crippen LogP contribution in [0.3, 0.4) is 0 Å². The van der Waals surface area contributed by atoms with Crippen molar-refractivity contribution in [3.05, 3.63) is 18.5 Å². The number of aliphatic hydroxyl groups is 1. The Morgan fingerprint density at radius 3 is 3.13 bits per heavy atom. The van der Waals surface area contributed by atoms with Gasteiger partial charge in [-0.1, -0.05) is 0 Å². The van der Waals surface area contributed by atoms with Gasteiger partial charge in [-0.05, 0) is 13.0 Å². The van der Waals surface area contributed by atoms with E-state index in [0.29, 0.717) is 19.7 Å². The van der Waals surface area contributed by atoms with E-state index in [-0.39, 0.29) is 0 Å². The normalized spacial score (nSPS) is 12.9. The number of ether oxygens (including phenoxy) is 1. The van der Waals surface area contributed by atoms with Crippen LogP contribution in [0.1, 0.15) is 6.92 Å². The average Bonchev–Trinajstić information content (AvgIpc) is 2.70. The van der Waals surface area contributed by atoms with Crippen LogP contribution in [0.2, 0.25) is 0 Å². The van der Waals surface area contributed by atoms with E-state index in [0.717, 1.165) is 13.2 Å². The Morgan fingerprint density at radius 1 is 1.60 bits per heavy atom. The lowest BCUT2D eigenvalue weighted by molar-refractivity contribution is 0.128. The van der Waals surface area contributed by atoms with E-state index in [1.165, 1.54) is 0 Å². The number of rotatable bonds is 8. The van der Waals surface area contributed by atoms with Crippen LogP contribution in [-0.4, -0.2) is 47.3 Å². The van der Waals surface area contributed by atoms with Gasteiger partial charge in [-0.3, -0.25) is 4.68 Å². The van der Waals surface area contributed by atoms with E-state index >= 15 is 0 Å². The van der Waals surface area contributed by atoms with Crippen LogP contribution < -0.4 is 5.32 Å². The van der Waals surface area contributed by atoms with Crippen molar-refractivity contribution in [2.75, 3.05) is 26.3 Å². The van der Waals surface area contributed by atoms with Gasteiger partial charge in [0, 0.05) is 32.1 Å². The molecule has 1 aromatic heterocycles. The fourth-order valence-corrected chi connectivity index (χ4v) is 1.25. The highest BCUT2D eigenvalue weighted by Gasteiger charge is 2.03. The van der Waals surface area contributed by atoms with Crippen LogP contribution in [0.15, 0.2) is 18.5 Å². The summed E-state index contributed by atoms with van der Waals surface area (Å²) in [4.78, 5) is 0. The molecule has 5 nitrogen and oxygen atoms in total. The number of aromatic nitrogens is 2. The Kier molecular flexibility index (Phi) is 5.99. The smallest absolute Gasteiger partial charge is 0.0860 e. The first-order valence-corrected chi connectivity index (χ1v) is 5.27. The third-order valence-corrected chi connectivity index (χ3v) is 1.96. The average molecular weight is 213 g/mol. The fourth-order valence-electron chi connectivity index (χ4n) is 1.25. The standard InChI is InChI=1S/C10H19N3O2/c1-2-15-7-5-11-8-10(14)9-13-6-3-4-12-13/h3-4,6,10-11,14H,2,5,7-9H2,1H3. The molecule has 86 valence electrons. The number of hydrogen-bond acceptors (Lipinski definition) is 4. The minimum Gasteiger partial charge on any atom is -0.390 e. The number of aliphatic hydroxyl groups excluding tert-OH is 1. The van der Waals surface area contributed by atoms with Gasteiger partial charge in [-0.2, -0.15) is 5.10 Å². The lowest BCUT2D eigenvalue weighted by Crippen LogP contribution is -2.32. The van der Waals surface area contributed by atoms with Crippen LogP contribution in [0.5, 0.6) is 0 Å². The molecule has 0 fully saturated rings. The van der Waals surface area contributed by atoms with Crippen molar-refractivity contribution in [1.29, 1.82) is 0 Å². The van der Waals surface area contributed by atoms with E-state index in [9.17, 15) is 5.11 Å². The van der Waals surface area contributed by atoms with Crippen LogP contribution in [0.4, 0.5) is 0 Å². The molecule has 1 unspecified atom stereocenters. The monoisotopic (exact) mass is 213 g/mol. The maximum absolute atomic E-state index is 9.61. The van der Waals surface area contributed by atoms with Gasteiger partial charge in [-0.25, -0.2) is 0 Å². The molecule has 0 radical (unpaired) electrons. The van der Waals surface area contributed by atoms with Gasteiger partial charge >= 0.3 is 0 Å². The van der Waals surface area contributed by atoms with E-state index in [4.69, 9.17) is 4.74 Å². The van der Waals surface area contributed by atoms with E-state index in [2.05, 4.69) is 10.4 Å². The van der Waals surface area contributed by atoms with E-state index in [1.807, 2.05) is 19.2 Å². The Balaban J connectivity index is 2.01. The first kappa shape index (κ1) is 12.2. The zero-order valence-corrected chi connectivity index (χ0v) is 9.09. The lowest BCUT2D eigenvalue weighted by Gasteiger charge is -2.11. The summed E-state index contributed by atoms with van der Waals surface area (Å²) in [6.07, 6.45) is 3.13. The van der Waals surface area contributed by atoms with Gasteiger partial charge in [0.1, 0.15) is 0 Å². The third kappa shape index (κ3) is 5.51. The van der Waals surface area contributed by atoms with Crippen molar-refractivity contribution in [1.82, 2.24) is 15.1 Å². The van der Waals surface area contributed by atoms with Crippen LogP contribution in [0.25, 0.3) is 0 Å². The Bertz CT molecular complexity index is 239. The summed E-state index contributed by atoms with van der Waals surface area (Å²) in [7, 11) is 0. The molecular weight excluding hydrogens is 194 g/mol. The number of hydrogen-bond donors (Lipinski definition) is 2. The second-order valence-electron chi connectivity index (χ2n) is 3.28. The first-order valence-electron chi connectivity index (χ1n) is 5.27. The fraction of sp³-hybridized carbons (Fsp3) is 0.700. The summed E-state index contributed by atoms with van der Waals surface area (Å²) >= 11 is 0. The molecule has 0 saturated heterocycles. The molecule has 1 rings (SSSR count). The van der Waals surface area contributed by atoms with Gasteiger partial charge in [-0.15, -0.1) is 0 Å². The summed E-state index contributed by atoms with van der Waals surface area (Å²) in [6, 6.07) is 1.84. The molecule has 0 spiro atoms.